The SMILES string of the molecule is COc1cc(N(C)C)cc(OC)c1N=Nc1ccc(C=O)cc1. The monoisotopic (exact) mass is 313 g/mol. The Morgan fingerprint density at radius 2 is 1.52 bits per heavy atom. The van der Waals surface area contributed by atoms with Gasteiger partial charge in [-0.2, -0.15) is 5.11 Å². The molecule has 2 aromatic carbocycles. The van der Waals surface area contributed by atoms with Crippen molar-refractivity contribution in [1.82, 2.24) is 0 Å². The molecule has 2 rings (SSSR count). The van der Waals surface area contributed by atoms with Gasteiger partial charge in [0.1, 0.15) is 6.29 Å². The Hall–Kier alpha value is -2.89. The van der Waals surface area contributed by atoms with E-state index in [0.29, 0.717) is 28.4 Å². The van der Waals surface area contributed by atoms with Gasteiger partial charge in [0, 0.05) is 37.5 Å². The summed E-state index contributed by atoms with van der Waals surface area (Å²) < 4.78 is 10.8. The molecule has 0 unspecified atom stereocenters. The minimum atomic E-state index is 0.514. The van der Waals surface area contributed by atoms with Gasteiger partial charge < -0.3 is 14.4 Å². The minimum absolute atomic E-state index is 0.514. The summed E-state index contributed by atoms with van der Waals surface area (Å²) in [4.78, 5) is 12.6. The maximum Gasteiger partial charge on any atom is 0.170 e. The summed E-state index contributed by atoms with van der Waals surface area (Å²) in [6, 6.07) is 10.6. The summed E-state index contributed by atoms with van der Waals surface area (Å²) >= 11 is 0. The average molecular weight is 313 g/mol. The fraction of sp³-hybridized carbons (Fsp3) is 0.235. The zero-order valence-corrected chi connectivity index (χ0v) is 13.6. The smallest absolute Gasteiger partial charge is 0.170 e. The van der Waals surface area contributed by atoms with Gasteiger partial charge in [-0.1, -0.05) is 0 Å². The molecular formula is C17H19N3O3. The summed E-state index contributed by atoms with van der Waals surface area (Å²) in [5.74, 6) is 1.14. The number of hydrogen-bond donors (Lipinski definition) is 0. The van der Waals surface area contributed by atoms with Crippen molar-refractivity contribution >= 4 is 23.3 Å². The summed E-state index contributed by atoms with van der Waals surface area (Å²) in [5, 5.41) is 8.42. The van der Waals surface area contributed by atoms with Crippen LogP contribution in [0.4, 0.5) is 17.1 Å². The van der Waals surface area contributed by atoms with Gasteiger partial charge in [-0.15, -0.1) is 5.11 Å². The lowest BCUT2D eigenvalue weighted by molar-refractivity contribution is 0.112. The number of benzene rings is 2. The number of aldehydes is 1. The van der Waals surface area contributed by atoms with Gasteiger partial charge in [0.15, 0.2) is 17.2 Å². The van der Waals surface area contributed by atoms with Gasteiger partial charge in [-0.25, -0.2) is 0 Å². The molecule has 6 heteroatoms. The highest BCUT2D eigenvalue weighted by atomic mass is 16.5. The second-order valence-electron chi connectivity index (χ2n) is 5.00. The van der Waals surface area contributed by atoms with Crippen LogP contribution in [-0.4, -0.2) is 34.6 Å². The normalized spacial score (nSPS) is 10.6. The van der Waals surface area contributed by atoms with Crippen LogP contribution in [0.2, 0.25) is 0 Å². The third-order valence-corrected chi connectivity index (χ3v) is 3.28. The highest BCUT2D eigenvalue weighted by Gasteiger charge is 2.13. The predicted molar refractivity (Wildman–Crippen MR) is 89.9 cm³/mol. The van der Waals surface area contributed by atoms with Crippen LogP contribution < -0.4 is 14.4 Å². The second-order valence-corrected chi connectivity index (χ2v) is 5.00. The molecule has 0 saturated carbocycles. The fourth-order valence-electron chi connectivity index (χ4n) is 1.96. The number of rotatable bonds is 6. The highest BCUT2D eigenvalue weighted by molar-refractivity contribution is 5.75. The van der Waals surface area contributed by atoms with E-state index in [1.54, 1.807) is 38.5 Å². The Bertz CT molecular complexity index is 685. The van der Waals surface area contributed by atoms with E-state index in [2.05, 4.69) is 10.2 Å². The van der Waals surface area contributed by atoms with E-state index in [4.69, 9.17) is 9.47 Å². The summed E-state index contributed by atoms with van der Waals surface area (Å²) in [5.41, 5.74) is 2.68. The molecule has 120 valence electrons. The largest absolute Gasteiger partial charge is 0.494 e. The molecule has 0 radical (unpaired) electrons. The van der Waals surface area contributed by atoms with Crippen LogP contribution >= 0.6 is 0 Å². The first-order valence-electron chi connectivity index (χ1n) is 6.99. The molecule has 6 nitrogen and oxygen atoms in total. The number of hydrogen-bond acceptors (Lipinski definition) is 6. The van der Waals surface area contributed by atoms with E-state index in [1.807, 2.05) is 31.1 Å². The first kappa shape index (κ1) is 16.5. The topological polar surface area (TPSA) is 63.5 Å². The van der Waals surface area contributed by atoms with Crippen molar-refractivity contribution in [3.8, 4) is 11.5 Å². The van der Waals surface area contributed by atoms with Crippen molar-refractivity contribution in [2.75, 3.05) is 33.2 Å². The maximum atomic E-state index is 10.7. The third kappa shape index (κ3) is 3.85. The van der Waals surface area contributed by atoms with Crippen LogP contribution in [0.5, 0.6) is 11.5 Å². The molecule has 0 amide bonds. The van der Waals surface area contributed by atoms with Crippen molar-refractivity contribution in [2.24, 2.45) is 10.2 Å². The number of nitrogens with zero attached hydrogens (tertiary/aromatic N) is 3. The van der Waals surface area contributed by atoms with E-state index in [-0.39, 0.29) is 0 Å². The van der Waals surface area contributed by atoms with Gasteiger partial charge in [0.2, 0.25) is 0 Å². The lowest BCUT2D eigenvalue weighted by Crippen LogP contribution is -2.08. The van der Waals surface area contributed by atoms with Crippen molar-refractivity contribution in [3.63, 3.8) is 0 Å². The molecule has 0 aliphatic heterocycles. The Morgan fingerprint density at radius 3 is 1.96 bits per heavy atom. The molecule has 0 saturated heterocycles. The third-order valence-electron chi connectivity index (χ3n) is 3.28. The molecule has 0 spiro atoms. The summed E-state index contributed by atoms with van der Waals surface area (Å²) in [7, 11) is 7.02. The standard InChI is InChI=1S/C17H19N3O3/c1-20(2)14-9-15(22-3)17(16(10-14)23-4)19-18-13-7-5-12(11-21)6-8-13/h5-11H,1-4H3. The molecule has 0 aliphatic carbocycles. The van der Waals surface area contributed by atoms with Gasteiger partial charge in [-0.3, -0.25) is 4.79 Å². The Morgan fingerprint density at radius 1 is 0.957 bits per heavy atom. The number of methoxy groups -OCH3 is 2. The molecule has 0 aromatic heterocycles. The van der Waals surface area contributed by atoms with Crippen molar-refractivity contribution in [1.29, 1.82) is 0 Å². The van der Waals surface area contributed by atoms with Crippen LogP contribution in [0.3, 0.4) is 0 Å². The lowest BCUT2D eigenvalue weighted by atomic mass is 10.2. The first-order valence-corrected chi connectivity index (χ1v) is 6.99. The van der Waals surface area contributed by atoms with E-state index < -0.39 is 0 Å². The molecule has 0 N–H and O–H groups in total. The van der Waals surface area contributed by atoms with E-state index in [9.17, 15) is 4.79 Å². The van der Waals surface area contributed by atoms with Gasteiger partial charge >= 0.3 is 0 Å². The van der Waals surface area contributed by atoms with Crippen LogP contribution in [0.15, 0.2) is 46.6 Å². The quantitative estimate of drug-likeness (QED) is 0.597. The van der Waals surface area contributed by atoms with Gasteiger partial charge in [0.25, 0.3) is 0 Å². The summed E-state index contributed by atoms with van der Waals surface area (Å²) in [6.45, 7) is 0. The molecule has 2 aromatic rings. The Balaban J connectivity index is 2.40. The molecule has 0 atom stereocenters. The number of carbonyl (C=O) groups excluding carboxylic acids is 1. The number of carbonyl (C=O) groups is 1. The van der Waals surface area contributed by atoms with Gasteiger partial charge in [-0.05, 0) is 24.3 Å². The molecular weight excluding hydrogens is 294 g/mol. The maximum absolute atomic E-state index is 10.7. The number of anilines is 1. The van der Waals surface area contributed by atoms with Crippen LogP contribution in [0.1, 0.15) is 10.4 Å². The average Bonchev–Trinajstić information content (AvgIpc) is 2.59. The van der Waals surface area contributed by atoms with Crippen LogP contribution in [0.25, 0.3) is 0 Å². The lowest BCUT2D eigenvalue weighted by Gasteiger charge is -2.16. The van der Waals surface area contributed by atoms with E-state index in [1.165, 1.54) is 0 Å². The first-order chi connectivity index (χ1) is 11.1. The molecule has 23 heavy (non-hydrogen) atoms. The predicted octanol–water partition coefficient (Wildman–Crippen LogP) is 4.00. The Labute approximate surface area is 135 Å². The van der Waals surface area contributed by atoms with Crippen molar-refractivity contribution in [2.45, 2.75) is 0 Å². The molecule has 0 heterocycles. The van der Waals surface area contributed by atoms with E-state index in [0.717, 1.165) is 12.0 Å². The van der Waals surface area contributed by atoms with E-state index >= 15 is 0 Å². The number of azo groups is 1. The second kappa shape index (κ2) is 7.40. The van der Waals surface area contributed by atoms with Crippen molar-refractivity contribution < 1.29 is 14.3 Å². The summed E-state index contributed by atoms with van der Waals surface area (Å²) in [6.07, 6.45) is 0.785. The molecule has 0 fully saturated rings. The molecule has 0 bridgehead atoms. The van der Waals surface area contributed by atoms with Crippen LogP contribution in [-0.2, 0) is 0 Å². The zero-order chi connectivity index (χ0) is 16.8. The minimum Gasteiger partial charge on any atom is -0.494 e. The molecule has 0 aliphatic rings. The van der Waals surface area contributed by atoms with Crippen LogP contribution in [0, 0.1) is 0 Å². The Kier molecular flexibility index (Phi) is 5.30. The fourth-order valence-corrected chi connectivity index (χ4v) is 1.96. The zero-order valence-electron chi connectivity index (χ0n) is 13.6. The number of ether oxygens (including phenoxy) is 2. The van der Waals surface area contributed by atoms with Crippen molar-refractivity contribution in [3.05, 3.63) is 42.0 Å². The highest BCUT2D eigenvalue weighted by Crippen LogP contribution is 2.41. The van der Waals surface area contributed by atoms with Gasteiger partial charge in [0.05, 0.1) is 19.9 Å².